The first-order valence-corrected chi connectivity index (χ1v) is 5.70. The molecule has 1 aromatic heterocycles. The van der Waals surface area contributed by atoms with Gasteiger partial charge in [-0.1, -0.05) is 5.21 Å². The number of hydrogen-bond donors (Lipinski definition) is 3. The minimum absolute atomic E-state index is 0.136. The number of nitrogens with zero attached hydrogens (tertiary/aromatic N) is 3. The van der Waals surface area contributed by atoms with Crippen molar-refractivity contribution in [1.29, 1.82) is 0 Å². The average Bonchev–Trinajstić information content (AvgIpc) is 2.84. The quantitative estimate of drug-likeness (QED) is 0.521. The summed E-state index contributed by atoms with van der Waals surface area (Å²) in [4.78, 5) is 22.1. The van der Waals surface area contributed by atoms with Crippen LogP contribution in [0, 0.1) is 0 Å². The standard InChI is InChI=1S/C10H17N5O4/c1-19-5-2-7(11)9(16)12-3-4-15-6-8(10(17)18)13-14-15/h6-7H,2-5,11H2,1H3,(H,12,16)(H,17,18). The molecule has 1 rings (SSSR count). The summed E-state index contributed by atoms with van der Waals surface area (Å²) in [5.74, 6) is -1.42. The van der Waals surface area contributed by atoms with Crippen LogP contribution in [0.1, 0.15) is 16.9 Å². The van der Waals surface area contributed by atoms with E-state index in [1.54, 1.807) is 0 Å². The minimum Gasteiger partial charge on any atom is -0.476 e. The summed E-state index contributed by atoms with van der Waals surface area (Å²) in [6.07, 6.45) is 1.73. The first kappa shape index (κ1) is 15.1. The molecule has 0 fully saturated rings. The second-order valence-electron chi connectivity index (χ2n) is 3.85. The van der Waals surface area contributed by atoms with Gasteiger partial charge in [-0.05, 0) is 6.42 Å². The van der Waals surface area contributed by atoms with Gasteiger partial charge in [0.25, 0.3) is 0 Å². The molecule has 0 aliphatic carbocycles. The van der Waals surface area contributed by atoms with Crippen molar-refractivity contribution in [3.63, 3.8) is 0 Å². The second kappa shape index (κ2) is 7.44. The topological polar surface area (TPSA) is 132 Å². The summed E-state index contributed by atoms with van der Waals surface area (Å²) < 4.78 is 6.16. The number of ether oxygens (including phenoxy) is 1. The van der Waals surface area contributed by atoms with Crippen molar-refractivity contribution in [3.8, 4) is 0 Å². The second-order valence-corrected chi connectivity index (χ2v) is 3.85. The fraction of sp³-hybridized carbons (Fsp3) is 0.600. The molecule has 0 radical (unpaired) electrons. The van der Waals surface area contributed by atoms with Gasteiger partial charge in [-0.25, -0.2) is 9.48 Å². The van der Waals surface area contributed by atoms with Crippen LogP contribution >= 0.6 is 0 Å². The molecule has 0 spiro atoms. The van der Waals surface area contributed by atoms with Crippen LogP contribution in [0.15, 0.2) is 6.20 Å². The van der Waals surface area contributed by atoms with Gasteiger partial charge in [-0.15, -0.1) is 5.10 Å². The lowest BCUT2D eigenvalue weighted by Crippen LogP contribution is -2.42. The van der Waals surface area contributed by atoms with Crippen molar-refractivity contribution in [2.45, 2.75) is 19.0 Å². The predicted octanol–water partition coefficient (Wildman–Crippen LogP) is -1.54. The van der Waals surface area contributed by atoms with Crippen molar-refractivity contribution < 1.29 is 19.4 Å². The zero-order chi connectivity index (χ0) is 14.3. The molecule has 1 heterocycles. The van der Waals surface area contributed by atoms with Gasteiger partial charge in [0.15, 0.2) is 5.69 Å². The molecule has 0 aliphatic rings. The van der Waals surface area contributed by atoms with E-state index >= 15 is 0 Å². The lowest BCUT2D eigenvalue weighted by Gasteiger charge is -2.11. The zero-order valence-electron chi connectivity index (χ0n) is 10.6. The van der Waals surface area contributed by atoms with Crippen LogP contribution in [0.2, 0.25) is 0 Å². The van der Waals surface area contributed by atoms with E-state index in [2.05, 4.69) is 15.6 Å². The summed E-state index contributed by atoms with van der Waals surface area (Å²) >= 11 is 0. The van der Waals surface area contributed by atoms with Crippen molar-refractivity contribution in [2.24, 2.45) is 5.73 Å². The smallest absolute Gasteiger partial charge is 0.358 e. The number of carboxylic acid groups (broad SMARTS) is 1. The van der Waals surface area contributed by atoms with E-state index in [0.29, 0.717) is 26.1 Å². The van der Waals surface area contributed by atoms with E-state index in [9.17, 15) is 9.59 Å². The third kappa shape index (κ3) is 5.02. The first-order chi connectivity index (χ1) is 9.04. The van der Waals surface area contributed by atoms with Gasteiger partial charge >= 0.3 is 5.97 Å². The summed E-state index contributed by atoms with van der Waals surface area (Å²) in [6, 6.07) is -0.620. The predicted molar refractivity (Wildman–Crippen MR) is 64.5 cm³/mol. The van der Waals surface area contributed by atoms with Crippen molar-refractivity contribution in [1.82, 2.24) is 20.3 Å². The molecule has 0 bridgehead atoms. The van der Waals surface area contributed by atoms with Crippen LogP contribution in [0.25, 0.3) is 0 Å². The van der Waals surface area contributed by atoms with Crippen molar-refractivity contribution >= 4 is 11.9 Å². The Labute approximate surface area is 109 Å². The first-order valence-electron chi connectivity index (χ1n) is 5.70. The van der Waals surface area contributed by atoms with Gasteiger partial charge in [0.1, 0.15) is 0 Å². The highest BCUT2D eigenvalue weighted by Gasteiger charge is 2.12. The number of methoxy groups -OCH3 is 1. The molecule has 9 nitrogen and oxygen atoms in total. The number of carbonyl (C=O) groups excluding carboxylic acids is 1. The number of aromatic carboxylic acids is 1. The molecular formula is C10H17N5O4. The average molecular weight is 271 g/mol. The Balaban J connectivity index is 2.29. The lowest BCUT2D eigenvalue weighted by molar-refractivity contribution is -0.122. The van der Waals surface area contributed by atoms with E-state index in [1.807, 2.05) is 0 Å². The maximum Gasteiger partial charge on any atom is 0.358 e. The molecule has 1 atom stereocenters. The summed E-state index contributed by atoms with van der Waals surface area (Å²) in [7, 11) is 1.54. The van der Waals surface area contributed by atoms with Gasteiger partial charge in [-0.3, -0.25) is 4.79 Å². The van der Waals surface area contributed by atoms with Crippen LogP contribution in [-0.4, -0.2) is 58.3 Å². The summed E-state index contributed by atoms with van der Waals surface area (Å²) in [5, 5.41) is 18.3. The Bertz CT molecular complexity index is 433. The largest absolute Gasteiger partial charge is 0.476 e. The summed E-state index contributed by atoms with van der Waals surface area (Å²) in [6.45, 7) is 1.03. The zero-order valence-corrected chi connectivity index (χ0v) is 10.6. The molecule has 4 N–H and O–H groups in total. The van der Waals surface area contributed by atoms with Gasteiger partial charge in [-0.2, -0.15) is 0 Å². The van der Waals surface area contributed by atoms with Crippen LogP contribution in [0.4, 0.5) is 0 Å². The van der Waals surface area contributed by atoms with Gasteiger partial charge in [0, 0.05) is 20.3 Å². The number of carbonyl (C=O) groups is 2. The number of amides is 1. The minimum atomic E-state index is -1.14. The van der Waals surface area contributed by atoms with Gasteiger partial charge < -0.3 is 20.9 Å². The molecule has 9 heteroatoms. The van der Waals surface area contributed by atoms with Crippen LogP contribution < -0.4 is 11.1 Å². The van der Waals surface area contributed by atoms with E-state index in [1.165, 1.54) is 18.0 Å². The highest BCUT2D eigenvalue weighted by Crippen LogP contribution is 1.92. The highest BCUT2D eigenvalue weighted by atomic mass is 16.5. The molecular weight excluding hydrogens is 254 g/mol. The Morgan fingerprint density at radius 1 is 1.63 bits per heavy atom. The SMILES string of the molecule is COCCC(N)C(=O)NCCn1cc(C(=O)O)nn1. The van der Waals surface area contributed by atoms with Gasteiger partial charge in [0.05, 0.1) is 18.8 Å². The number of rotatable bonds is 8. The van der Waals surface area contributed by atoms with Crippen molar-refractivity contribution in [3.05, 3.63) is 11.9 Å². The monoisotopic (exact) mass is 271 g/mol. The van der Waals surface area contributed by atoms with E-state index in [-0.39, 0.29) is 11.6 Å². The molecule has 0 saturated carbocycles. The molecule has 0 aromatic carbocycles. The third-order valence-corrected chi connectivity index (χ3v) is 2.37. The molecule has 1 unspecified atom stereocenters. The van der Waals surface area contributed by atoms with Crippen LogP contribution in [0.3, 0.4) is 0 Å². The maximum absolute atomic E-state index is 11.5. The van der Waals surface area contributed by atoms with E-state index in [4.69, 9.17) is 15.6 Å². The number of nitrogens with one attached hydrogen (secondary N) is 1. The van der Waals surface area contributed by atoms with Crippen molar-refractivity contribution in [2.75, 3.05) is 20.3 Å². The molecule has 1 amide bonds. The molecule has 19 heavy (non-hydrogen) atoms. The fourth-order valence-corrected chi connectivity index (χ4v) is 1.31. The van der Waals surface area contributed by atoms with E-state index in [0.717, 1.165) is 0 Å². The van der Waals surface area contributed by atoms with Crippen LogP contribution in [-0.2, 0) is 16.1 Å². The maximum atomic E-state index is 11.5. The fourth-order valence-electron chi connectivity index (χ4n) is 1.31. The molecule has 1 aromatic rings. The lowest BCUT2D eigenvalue weighted by atomic mass is 10.2. The van der Waals surface area contributed by atoms with Crippen LogP contribution in [0.5, 0.6) is 0 Å². The molecule has 0 aliphatic heterocycles. The molecule has 106 valence electrons. The molecule has 0 saturated heterocycles. The number of carboxylic acids is 1. The number of hydrogen-bond acceptors (Lipinski definition) is 6. The normalized spacial score (nSPS) is 12.1. The Kier molecular flexibility index (Phi) is 5.90. The van der Waals surface area contributed by atoms with Gasteiger partial charge in [0.2, 0.25) is 5.91 Å². The Morgan fingerprint density at radius 2 is 2.37 bits per heavy atom. The highest BCUT2D eigenvalue weighted by molar-refractivity contribution is 5.84. The van der Waals surface area contributed by atoms with E-state index < -0.39 is 12.0 Å². The summed E-state index contributed by atoms with van der Waals surface area (Å²) in [5.41, 5.74) is 5.49. The third-order valence-electron chi connectivity index (χ3n) is 2.37. The Morgan fingerprint density at radius 3 is 2.95 bits per heavy atom. The number of nitrogens with two attached hydrogens (primary N) is 1. The Hall–Kier alpha value is -2.00. The number of aromatic nitrogens is 3.